The third-order valence-electron chi connectivity index (χ3n) is 7.92. The summed E-state index contributed by atoms with van der Waals surface area (Å²) in [5.74, 6) is 1.70. The normalized spacial score (nSPS) is 26.5. The molecule has 164 valence electrons. The van der Waals surface area contributed by atoms with Crippen molar-refractivity contribution in [3.8, 4) is 0 Å². The van der Waals surface area contributed by atoms with Crippen LogP contribution in [0, 0.1) is 17.3 Å². The zero-order valence-electron chi connectivity index (χ0n) is 19.4. The Morgan fingerprint density at radius 2 is 1.80 bits per heavy atom. The van der Waals surface area contributed by atoms with Crippen molar-refractivity contribution < 1.29 is 4.79 Å². The molecule has 1 aromatic carbocycles. The van der Waals surface area contributed by atoms with E-state index in [1.807, 2.05) is 12.1 Å². The molecule has 4 aliphatic rings. The lowest BCUT2D eigenvalue weighted by atomic mass is 9.49. The van der Waals surface area contributed by atoms with Gasteiger partial charge in [0.25, 0.3) is 0 Å². The maximum absolute atomic E-state index is 12.4. The van der Waals surface area contributed by atoms with Gasteiger partial charge in [0.15, 0.2) is 0 Å². The van der Waals surface area contributed by atoms with Crippen LogP contribution in [-0.4, -0.2) is 36.6 Å². The van der Waals surface area contributed by atoms with Gasteiger partial charge in [-0.3, -0.25) is 4.90 Å². The highest BCUT2D eigenvalue weighted by Crippen LogP contribution is 2.59. The first kappa shape index (κ1) is 21.4. The van der Waals surface area contributed by atoms with E-state index in [2.05, 4.69) is 68.4 Å². The second kappa shape index (κ2) is 8.03. The molecule has 1 aromatic rings. The zero-order valence-corrected chi connectivity index (χ0v) is 19.4. The van der Waals surface area contributed by atoms with E-state index in [9.17, 15) is 4.79 Å². The van der Waals surface area contributed by atoms with E-state index in [0.29, 0.717) is 5.41 Å². The molecule has 30 heavy (non-hydrogen) atoms. The van der Waals surface area contributed by atoms with E-state index in [0.717, 1.165) is 50.0 Å². The molecule has 5 rings (SSSR count). The van der Waals surface area contributed by atoms with Gasteiger partial charge in [-0.05, 0) is 66.0 Å². The first-order chi connectivity index (χ1) is 14.1. The predicted molar refractivity (Wildman–Crippen MR) is 125 cm³/mol. The molecule has 0 radical (unpaired) electrons. The number of nitrogens with one attached hydrogen (secondary N) is 2. The van der Waals surface area contributed by atoms with Crippen LogP contribution in [0.2, 0.25) is 0 Å². The van der Waals surface area contributed by atoms with Gasteiger partial charge >= 0.3 is 6.03 Å². The lowest BCUT2D eigenvalue weighted by Gasteiger charge is -2.57. The summed E-state index contributed by atoms with van der Waals surface area (Å²) in [6, 6.07) is 8.36. The Morgan fingerprint density at radius 1 is 1.13 bits per heavy atom. The van der Waals surface area contributed by atoms with Crippen LogP contribution in [0.25, 0.3) is 0 Å². The van der Waals surface area contributed by atoms with Crippen LogP contribution in [0.5, 0.6) is 0 Å². The minimum atomic E-state index is -0.0887. The highest BCUT2D eigenvalue weighted by molar-refractivity contribution is 5.89. The van der Waals surface area contributed by atoms with Gasteiger partial charge in [-0.2, -0.15) is 0 Å². The topological polar surface area (TPSA) is 44.4 Å². The number of allylic oxidation sites excluding steroid dienone is 1. The number of urea groups is 1. The number of nitrogens with zero attached hydrogens (tertiary/aromatic N) is 1. The van der Waals surface area contributed by atoms with Gasteiger partial charge in [-0.25, -0.2) is 4.79 Å². The molecule has 1 aliphatic heterocycles. The molecule has 1 saturated carbocycles. The number of carbonyl (C=O) groups is 1. The minimum Gasteiger partial charge on any atom is -0.335 e. The van der Waals surface area contributed by atoms with Crippen molar-refractivity contribution in [2.75, 3.05) is 25.0 Å². The summed E-state index contributed by atoms with van der Waals surface area (Å²) in [6.07, 6.45) is 7.25. The molecule has 2 fully saturated rings. The minimum absolute atomic E-state index is 0.0887. The van der Waals surface area contributed by atoms with Crippen molar-refractivity contribution in [1.29, 1.82) is 0 Å². The van der Waals surface area contributed by atoms with E-state index in [-0.39, 0.29) is 17.5 Å². The summed E-state index contributed by atoms with van der Waals surface area (Å²) in [7, 11) is 0. The maximum Gasteiger partial charge on any atom is 0.319 e. The summed E-state index contributed by atoms with van der Waals surface area (Å²) >= 11 is 0. The number of hydrogen-bond donors (Lipinski definition) is 2. The average Bonchev–Trinajstić information content (AvgIpc) is 2.69. The lowest BCUT2D eigenvalue weighted by molar-refractivity contribution is -0.0113. The molecule has 2 amide bonds. The Kier molecular flexibility index (Phi) is 5.73. The molecule has 2 atom stereocenters. The molecule has 0 aromatic heterocycles. The van der Waals surface area contributed by atoms with E-state index in [4.69, 9.17) is 0 Å². The van der Waals surface area contributed by atoms with Crippen molar-refractivity contribution in [3.05, 3.63) is 41.5 Å². The molecule has 4 heteroatoms. The van der Waals surface area contributed by atoms with Crippen LogP contribution < -0.4 is 10.6 Å². The lowest BCUT2D eigenvalue weighted by Crippen LogP contribution is -2.51. The van der Waals surface area contributed by atoms with Crippen molar-refractivity contribution in [1.82, 2.24) is 10.2 Å². The third kappa shape index (κ3) is 4.44. The van der Waals surface area contributed by atoms with Gasteiger partial charge < -0.3 is 10.6 Å². The summed E-state index contributed by atoms with van der Waals surface area (Å²) < 4.78 is 0. The number of fused-ring (bicyclic) bond motifs is 1. The smallest absolute Gasteiger partial charge is 0.319 e. The first-order valence-corrected chi connectivity index (χ1v) is 11.7. The quantitative estimate of drug-likeness (QED) is 0.639. The fourth-order valence-corrected chi connectivity index (χ4v) is 5.56. The molecule has 4 nitrogen and oxygen atoms in total. The van der Waals surface area contributed by atoms with Crippen LogP contribution in [-0.2, 0) is 5.41 Å². The number of piperidine rings is 1. The van der Waals surface area contributed by atoms with Crippen LogP contribution in [0.3, 0.4) is 0 Å². The molecule has 2 N–H and O–H groups in total. The van der Waals surface area contributed by atoms with Crippen molar-refractivity contribution in [2.45, 2.75) is 71.8 Å². The predicted octanol–water partition coefficient (Wildman–Crippen LogP) is 5.56. The molecular formula is C26H39N3O. The first-order valence-electron chi connectivity index (χ1n) is 11.7. The van der Waals surface area contributed by atoms with Gasteiger partial charge in [-0.15, -0.1) is 0 Å². The van der Waals surface area contributed by atoms with Crippen LogP contribution in [0.15, 0.2) is 35.9 Å². The van der Waals surface area contributed by atoms with Crippen LogP contribution in [0.1, 0.15) is 65.9 Å². The van der Waals surface area contributed by atoms with Gasteiger partial charge in [0.2, 0.25) is 0 Å². The Balaban J connectivity index is 1.21. The summed E-state index contributed by atoms with van der Waals surface area (Å²) in [5.41, 5.74) is 4.43. The van der Waals surface area contributed by atoms with Crippen molar-refractivity contribution >= 4 is 11.7 Å². The third-order valence-corrected chi connectivity index (χ3v) is 7.92. The van der Waals surface area contributed by atoms with Gasteiger partial charge in [-0.1, -0.05) is 58.4 Å². The van der Waals surface area contributed by atoms with E-state index >= 15 is 0 Å². The molecule has 1 saturated heterocycles. The summed E-state index contributed by atoms with van der Waals surface area (Å²) in [4.78, 5) is 15.0. The van der Waals surface area contributed by atoms with Crippen molar-refractivity contribution in [2.24, 2.45) is 17.3 Å². The molecule has 3 aliphatic carbocycles. The van der Waals surface area contributed by atoms with Gasteiger partial charge in [0.1, 0.15) is 0 Å². The number of rotatable bonds is 4. The summed E-state index contributed by atoms with van der Waals surface area (Å²) in [6.45, 7) is 14.8. The van der Waals surface area contributed by atoms with E-state index in [1.165, 1.54) is 18.4 Å². The van der Waals surface area contributed by atoms with Gasteiger partial charge in [0, 0.05) is 31.4 Å². The van der Waals surface area contributed by atoms with E-state index in [1.54, 1.807) is 5.57 Å². The van der Waals surface area contributed by atoms with E-state index < -0.39 is 0 Å². The number of benzene rings is 1. The number of amides is 2. The largest absolute Gasteiger partial charge is 0.335 e. The second-order valence-electron chi connectivity index (χ2n) is 11.3. The number of likely N-dealkylation sites (tertiary alicyclic amines) is 1. The summed E-state index contributed by atoms with van der Waals surface area (Å²) in [5, 5.41) is 6.17. The molecule has 0 unspecified atom stereocenters. The monoisotopic (exact) mass is 409 g/mol. The second-order valence-corrected chi connectivity index (χ2v) is 11.3. The molecule has 0 spiro atoms. The number of carbonyl (C=O) groups excluding carboxylic acids is 1. The zero-order chi connectivity index (χ0) is 21.5. The molecule has 1 heterocycles. The Labute approximate surface area is 182 Å². The number of anilines is 1. The maximum atomic E-state index is 12.4. The highest BCUT2D eigenvalue weighted by Gasteiger charge is 2.51. The Bertz CT molecular complexity index is 795. The Morgan fingerprint density at radius 3 is 2.37 bits per heavy atom. The van der Waals surface area contributed by atoms with Crippen molar-refractivity contribution in [3.63, 3.8) is 0 Å². The SMILES string of the molecule is CC(C)(C)c1ccc(NC(=O)NC2CCN(CC3=CC[C@H]4C[C@H]3C4(C)C)CC2)cc1. The molecule has 2 bridgehead atoms. The average molecular weight is 410 g/mol. The van der Waals surface area contributed by atoms with Gasteiger partial charge in [0.05, 0.1) is 0 Å². The molecular weight excluding hydrogens is 370 g/mol. The fraction of sp³-hybridized carbons (Fsp3) is 0.654. The fourth-order valence-electron chi connectivity index (χ4n) is 5.56. The van der Waals surface area contributed by atoms with Crippen LogP contribution >= 0.6 is 0 Å². The number of hydrogen-bond acceptors (Lipinski definition) is 2. The highest BCUT2D eigenvalue weighted by atomic mass is 16.2. The Hall–Kier alpha value is -1.81. The standard InChI is InChI=1S/C26H39N3O/c1-25(2,3)19-8-10-21(11-9-19)27-24(30)28-22-12-14-29(15-13-22)17-18-6-7-20-16-23(18)26(20,4)5/h6,8-11,20,22-23H,7,12-17H2,1-5H3,(H2,27,28,30)/t20-,23+/m0/s1. The van der Waals surface area contributed by atoms with Crippen LogP contribution in [0.4, 0.5) is 10.5 Å².